The molecular formula is C21H29N5O2. The van der Waals surface area contributed by atoms with Crippen LogP contribution in [0.25, 0.3) is 11.0 Å². The summed E-state index contributed by atoms with van der Waals surface area (Å²) < 4.78 is 1.94. The smallest absolute Gasteiger partial charge is 0.317 e. The number of aromatic nitrogens is 2. The van der Waals surface area contributed by atoms with Crippen molar-refractivity contribution in [1.29, 1.82) is 0 Å². The van der Waals surface area contributed by atoms with Crippen LogP contribution in [-0.2, 0) is 7.05 Å². The van der Waals surface area contributed by atoms with Gasteiger partial charge in [0.2, 0.25) is 0 Å². The molecule has 3 amide bonds. The van der Waals surface area contributed by atoms with Gasteiger partial charge in [-0.2, -0.15) is 0 Å². The van der Waals surface area contributed by atoms with Crippen LogP contribution in [0.15, 0.2) is 24.5 Å². The van der Waals surface area contributed by atoms with E-state index in [-0.39, 0.29) is 18.0 Å². The van der Waals surface area contributed by atoms with E-state index in [1.165, 1.54) is 19.3 Å². The first kappa shape index (κ1) is 18.8. The Morgan fingerprint density at radius 1 is 1.00 bits per heavy atom. The van der Waals surface area contributed by atoms with E-state index < -0.39 is 0 Å². The first-order valence-electron chi connectivity index (χ1n) is 10.4. The average molecular weight is 383 g/mol. The van der Waals surface area contributed by atoms with Crippen molar-refractivity contribution in [2.75, 3.05) is 13.1 Å². The number of rotatable bonds is 3. The molecule has 150 valence electrons. The van der Waals surface area contributed by atoms with Crippen molar-refractivity contribution in [2.24, 2.45) is 7.05 Å². The van der Waals surface area contributed by atoms with Crippen molar-refractivity contribution in [2.45, 2.75) is 57.0 Å². The number of nitrogens with zero attached hydrogens (tertiary/aromatic N) is 3. The Morgan fingerprint density at radius 3 is 2.46 bits per heavy atom. The molecule has 2 fully saturated rings. The first-order chi connectivity index (χ1) is 13.6. The largest absolute Gasteiger partial charge is 0.349 e. The molecule has 2 aliphatic rings. The number of imidazole rings is 1. The number of carbonyl (C=O) groups is 2. The van der Waals surface area contributed by atoms with Gasteiger partial charge in [0.1, 0.15) is 0 Å². The number of aryl methyl sites for hydroxylation is 1. The fraction of sp³-hybridized carbons (Fsp3) is 0.571. The minimum absolute atomic E-state index is 0.0530. The average Bonchev–Trinajstić information content (AvgIpc) is 3.09. The Labute approximate surface area is 165 Å². The zero-order valence-electron chi connectivity index (χ0n) is 16.5. The van der Waals surface area contributed by atoms with Crippen LogP contribution < -0.4 is 10.6 Å². The van der Waals surface area contributed by atoms with Crippen LogP contribution in [0.1, 0.15) is 55.3 Å². The van der Waals surface area contributed by atoms with Gasteiger partial charge in [-0.15, -0.1) is 0 Å². The maximum absolute atomic E-state index is 12.6. The molecule has 2 heterocycles. The number of carbonyl (C=O) groups excluding carboxylic acids is 2. The van der Waals surface area contributed by atoms with Gasteiger partial charge in [0.05, 0.1) is 17.4 Å². The van der Waals surface area contributed by atoms with Crippen molar-refractivity contribution >= 4 is 23.0 Å². The lowest BCUT2D eigenvalue weighted by Crippen LogP contribution is -2.51. The fourth-order valence-corrected chi connectivity index (χ4v) is 4.29. The van der Waals surface area contributed by atoms with E-state index in [4.69, 9.17) is 0 Å². The van der Waals surface area contributed by atoms with Crippen molar-refractivity contribution in [3.8, 4) is 0 Å². The molecule has 0 atom stereocenters. The highest BCUT2D eigenvalue weighted by Gasteiger charge is 2.26. The zero-order chi connectivity index (χ0) is 19.5. The summed E-state index contributed by atoms with van der Waals surface area (Å²) in [6.07, 6.45) is 9.22. The summed E-state index contributed by atoms with van der Waals surface area (Å²) >= 11 is 0. The number of benzene rings is 1. The summed E-state index contributed by atoms with van der Waals surface area (Å²) in [5.41, 5.74) is 2.46. The van der Waals surface area contributed by atoms with Crippen molar-refractivity contribution in [3.05, 3.63) is 30.1 Å². The molecule has 1 aromatic carbocycles. The molecule has 0 radical (unpaired) electrons. The number of fused-ring (bicyclic) bond motifs is 1. The van der Waals surface area contributed by atoms with Gasteiger partial charge in [0.25, 0.3) is 5.91 Å². The highest BCUT2D eigenvalue weighted by Crippen LogP contribution is 2.19. The molecule has 0 spiro atoms. The lowest BCUT2D eigenvalue weighted by molar-refractivity contribution is 0.0917. The van der Waals surface area contributed by atoms with E-state index in [9.17, 15) is 9.59 Å². The molecule has 28 heavy (non-hydrogen) atoms. The van der Waals surface area contributed by atoms with Gasteiger partial charge >= 0.3 is 6.03 Å². The van der Waals surface area contributed by atoms with E-state index in [0.717, 1.165) is 36.7 Å². The second-order valence-electron chi connectivity index (χ2n) is 8.08. The number of likely N-dealkylation sites (tertiary alicyclic amines) is 1. The molecular weight excluding hydrogens is 354 g/mol. The molecule has 7 nitrogen and oxygen atoms in total. The van der Waals surface area contributed by atoms with Crippen molar-refractivity contribution in [1.82, 2.24) is 25.1 Å². The second-order valence-corrected chi connectivity index (χ2v) is 8.08. The van der Waals surface area contributed by atoms with Crippen LogP contribution in [0.3, 0.4) is 0 Å². The molecule has 1 aliphatic heterocycles. The highest BCUT2D eigenvalue weighted by atomic mass is 16.2. The predicted octanol–water partition coefficient (Wildman–Crippen LogP) is 2.81. The molecule has 4 rings (SSSR count). The van der Waals surface area contributed by atoms with Crippen LogP contribution in [0, 0.1) is 0 Å². The van der Waals surface area contributed by atoms with Gasteiger partial charge in [0.15, 0.2) is 0 Å². The van der Waals surface area contributed by atoms with E-state index in [0.29, 0.717) is 24.7 Å². The number of amides is 3. The third-order valence-electron chi connectivity index (χ3n) is 6.04. The van der Waals surface area contributed by atoms with Gasteiger partial charge in [-0.1, -0.05) is 19.3 Å². The fourth-order valence-electron chi connectivity index (χ4n) is 4.29. The minimum atomic E-state index is -0.0716. The Balaban J connectivity index is 1.27. The van der Waals surface area contributed by atoms with Gasteiger partial charge in [-0.25, -0.2) is 9.78 Å². The van der Waals surface area contributed by atoms with Gasteiger partial charge < -0.3 is 20.1 Å². The molecule has 0 unspecified atom stereocenters. The molecule has 2 N–H and O–H groups in total. The Kier molecular flexibility index (Phi) is 5.50. The normalized spacial score (nSPS) is 19.0. The summed E-state index contributed by atoms with van der Waals surface area (Å²) in [5.74, 6) is -0.0716. The van der Waals surface area contributed by atoms with Crippen molar-refractivity contribution in [3.63, 3.8) is 0 Å². The first-order valence-corrected chi connectivity index (χ1v) is 10.4. The molecule has 1 aromatic heterocycles. The van der Waals surface area contributed by atoms with Crippen LogP contribution in [0.2, 0.25) is 0 Å². The number of nitrogens with one attached hydrogen (secondary N) is 2. The van der Waals surface area contributed by atoms with E-state index in [2.05, 4.69) is 15.6 Å². The molecule has 7 heteroatoms. The third-order valence-corrected chi connectivity index (χ3v) is 6.04. The number of hydrogen-bond donors (Lipinski definition) is 2. The van der Waals surface area contributed by atoms with Gasteiger partial charge in [-0.05, 0) is 43.9 Å². The van der Waals surface area contributed by atoms with E-state index in [1.54, 1.807) is 6.33 Å². The van der Waals surface area contributed by atoms with Crippen LogP contribution >= 0.6 is 0 Å². The summed E-state index contributed by atoms with van der Waals surface area (Å²) in [5, 5.41) is 6.30. The summed E-state index contributed by atoms with van der Waals surface area (Å²) in [6.45, 7) is 1.37. The Bertz CT molecular complexity index is 848. The monoisotopic (exact) mass is 383 g/mol. The maximum atomic E-state index is 12.6. The maximum Gasteiger partial charge on any atom is 0.317 e. The predicted molar refractivity (Wildman–Crippen MR) is 108 cm³/mol. The lowest BCUT2D eigenvalue weighted by Gasteiger charge is -2.34. The van der Waals surface area contributed by atoms with Crippen LogP contribution in [0.4, 0.5) is 4.79 Å². The third kappa shape index (κ3) is 4.13. The minimum Gasteiger partial charge on any atom is -0.349 e. The number of piperidine rings is 1. The standard InChI is InChI=1S/C21H29N5O2/c1-25-14-22-18-13-15(7-8-19(18)25)20(27)23-17-9-11-26(12-10-17)21(28)24-16-5-3-2-4-6-16/h7-8,13-14,16-17H,2-6,9-12H2,1H3,(H,23,27)(H,24,28). The van der Waals surface area contributed by atoms with E-state index in [1.807, 2.05) is 34.7 Å². The Hall–Kier alpha value is -2.57. The summed E-state index contributed by atoms with van der Waals surface area (Å²) in [4.78, 5) is 31.3. The topological polar surface area (TPSA) is 79.3 Å². The van der Waals surface area contributed by atoms with Crippen LogP contribution in [0.5, 0.6) is 0 Å². The SMILES string of the molecule is Cn1cnc2cc(C(=O)NC3CCN(C(=O)NC4CCCCC4)CC3)ccc21. The summed E-state index contributed by atoms with van der Waals surface area (Å²) in [7, 11) is 1.94. The Morgan fingerprint density at radius 2 is 1.71 bits per heavy atom. The molecule has 0 bridgehead atoms. The molecule has 1 saturated heterocycles. The molecule has 1 saturated carbocycles. The summed E-state index contributed by atoms with van der Waals surface area (Å²) in [6, 6.07) is 6.09. The van der Waals surface area contributed by atoms with Crippen molar-refractivity contribution < 1.29 is 9.59 Å². The second kappa shape index (κ2) is 8.20. The molecule has 2 aromatic rings. The lowest BCUT2D eigenvalue weighted by atomic mass is 9.95. The molecule has 1 aliphatic carbocycles. The highest BCUT2D eigenvalue weighted by molar-refractivity contribution is 5.97. The van der Waals surface area contributed by atoms with Gasteiger partial charge in [0, 0.05) is 37.8 Å². The zero-order valence-corrected chi connectivity index (χ0v) is 16.5. The number of urea groups is 1. The van der Waals surface area contributed by atoms with Crippen LogP contribution in [-0.4, -0.2) is 51.6 Å². The van der Waals surface area contributed by atoms with E-state index >= 15 is 0 Å². The number of hydrogen-bond acceptors (Lipinski definition) is 3. The quantitative estimate of drug-likeness (QED) is 0.855. The van der Waals surface area contributed by atoms with Gasteiger partial charge in [-0.3, -0.25) is 4.79 Å².